The molecule has 0 aliphatic carbocycles. The van der Waals surface area contributed by atoms with E-state index in [1.54, 1.807) is 6.92 Å². The Morgan fingerprint density at radius 3 is 2.79 bits per heavy atom. The SMILES string of the molecule is COC(=O)CC1CN(C(=O)C(C)NC(N)=O)CCO1. The number of nitrogens with two attached hydrogens (primary N) is 1. The summed E-state index contributed by atoms with van der Waals surface area (Å²) >= 11 is 0. The molecule has 19 heavy (non-hydrogen) atoms. The summed E-state index contributed by atoms with van der Waals surface area (Å²) in [5.74, 6) is -0.639. The van der Waals surface area contributed by atoms with Gasteiger partial charge < -0.3 is 25.4 Å². The second-order valence-corrected chi connectivity index (χ2v) is 4.29. The van der Waals surface area contributed by atoms with Crippen molar-refractivity contribution in [3.63, 3.8) is 0 Å². The van der Waals surface area contributed by atoms with Crippen molar-refractivity contribution in [2.45, 2.75) is 25.5 Å². The maximum atomic E-state index is 12.0. The van der Waals surface area contributed by atoms with E-state index in [0.29, 0.717) is 19.7 Å². The molecule has 0 aromatic rings. The first-order valence-corrected chi connectivity index (χ1v) is 5.97. The smallest absolute Gasteiger partial charge is 0.312 e. The van der Waals surface area contributed by atoms with Crippen molar-refractivity contribution >= 4 is 17.9 Å². The van der Waals surface area contributed by atoms with Gasteiger partial charge in [0.1, 0.15) is 6.04 Å². The van der Waals surface area contributed by atoms with Crippen LogP contribution in [0, 0.1) is 0 Å². The number of urea groups is 1. The molecule has 0 bridgehead atoms. The zero-order chi connectivity index (χ0) is 14.4. The highest BCUT2D eigenvalue weighted by Crippen LogP contribution is 2.10. The molecule has 2 atom stereocenters. The van der Waals surface area contributed by atoms with Crippen molar-refractivity contribution in [3.8, 4) is 0 Å². The van der Waals surface area contributed by atoms with Gasteiger partial charge >= 0.3 is 12.0 Å². The average Bonchev–Trinajstić information content (AvgIpc) is 2.37. The number of carbonyl (C=O) groups excluding carboxylic acids is 3. The quantitative estimate of drug-likeness (QED) is 0.627. The number of nitrogens with zero attached hydrogens (tertiary/aromatic N) is 1. The molecule has 0 spiro atoms. The van der Waals surface area contributed by atoms with Crippen LogP contribution < -0.4 is 11.1 Å². The van der Waals surface area contributed by atoms with Gasteiger partial charge in [-0.25, -0.2) is 4.79 Å². The first-order chi connectivity index (χ1) is 8.93. The molecule has 1 rings (SSSR count). The molecule has 0 aromatic carbocycles. The standard InChI is InChI=1S/C11H19N3O5/c1-7(13-11(12)17)10(16)14-3-4-19-8(6-14)5-9(15)18-2/h7-8H,3-6H2,1-2H3,(H3,12,13,17). The third-order valence-electron chi connectivity index (χ3n) is 2.80. The Labute approximate surface area is 111 Å². The van der Waals surface area contributed by atoms with Crippen LogP contribution in [0.4, 0.5) is 4.79 Å². The van der Waals surface area contributed by atoms with E-state index in [4.69, 9.17) is 10.5 Å². The number of hydrogen-bond donors (Lipinski definition) is 2. The molecule has 1 aliphatic rings. The number of hydrogen-bond acceptors (Lipinski definition) is 5. The fraction of sp³-hybridized carbons (Fsp3) is 0.727. The molecule has 1 heterocycles. The normalized spacial score (nSPS) is 20.5. The molecule has 1 saturated heterocycles. The zero-order valence-electron chi connectivity index (χ0n) is 11.0. The van der Waals surface area contributed by atoms with Gasteiger partial charge in [0, 0.05) is 13.1 Å². The number of methoxy groups -OCH3 is 1. The summed E-state index contributed by atoms with van der Waals surface area (Å²) in [6, 6.07) is -1.45. The van der Waals surface area contributed by atoms with E-state index in [0.717, 1.165) is 0 Å². The summed E-state index contributed by atoms with van der Waals surface area (Å²) in [4.78, 5) is 35.4. The third-order valence-corrected chi connectivity index (χ3v) is 2.80. The lowest BCUT2D eigenvalue weighted by molar-refractivity contribution is -0.150. The summed E-state index contributed by atoms with van der Waals surface area (Å²) in [6.45, 7) is 2.61. The van der Waals surface area contributed by atoms with Gasteiger partial charge in [0.05, 0.1) is 26.2 Å². The van der Waals surface area contributed by atoms with Crippen molar-refractivity contribution in [2.24, 2.45) is 5.73 Å². The minimum Gasteiger partial charge on any atom is -0.469 e. The molecule has 0 radical (unpaired) electrons. The summed E-state index contributed by atoms with van der Waals surface area (Å²) in [5.41, 5.74) is 4.97. The van der Waals surface area contributed by atoms with Crippen molar-refractivity contribution in [1.82, 2.24) is 10.2 Å². The maximum absolute atomic E-state index is 12.0. The first-order valence-electron chi connectivity index (χ1n) is 5.97. The van der Waals surface area contributed by atoms with E-state index < -0.39 is 12.1 Å². The van der Waals surface area contributed by atoms with E-state index >= 15 is 0 Å². The maximum Gasteiger partial charge on any atom is 0.312 e. The van der Waals surface area contributed by atoms with Crippen LogP contribution in [0.25, 0.3) is 0 Å². The number of rotatable bonds is 4. The van der Waals surface area contributed by atoms with Crippen LogP contribution in [0.15, 0.2) is 0 Å². The van der Waals surface area contributed by atoms with Crippen molar-refractivity contribution in [2.75, 3.05) is 26.8 Å². The van der Waals surface area contributed by atoms with Gasteiger partial charge in [-0.2, -0.15) is 0 Å². The first kappa shape index (κ1) is 15.2. The van der Waals surface area contributed by atoms with E-state index in [1.807, 2.05) is 0 Å². The monoisotopic (exact) mass is 273 g/mol. The summed E-state index contributed by atoms with van der Waals surface area (Å²) in [5, 5.41) is 2.32. The van der Waals surface area contributed by atoms with E-state index in [1.165, 1.54) is 12.0 Å². The van der Waals surface area contributed by atoms with Gasteiger partial charge in [-0.1, -0.05) is 0 Å². The molecule has 3 amide bonds. The molecular formula is C11H19N3O5. The summed E-state index contributed by atoms with van der Waals surface area (Å²) in [7, 11) is 1.30. The van der Waals surface area contributed by atoms with Gasteiger partial charge in [-0.05, 0) is 6.92 Å². The highest BCUT2D eigenvalue weighted by molar-refractivity contribution is 5.86. The predicted molar refractivity (Wildman–Crippen MR) is 65.1 cm³/mol. The average molecular weight is 273 g/mol. The van der Waals surface area contributed by atoms with Gasteiger partial charge in [0.15, 0.2) is 0 Å². The van der Waals surface area contributed by atoms with Crippen LogP contribution in [-0.2, 0) is 19.1 Å². The van der Waals surface area contributed by atoms with Gasteiger partial charge in [-0.3, -0.25) is 9.59 Å². The molecule has 8 nitrogen and oxygen atoms in total. The molecule has 108 valence electrons. The minimum absolute atomic E-state index is 0.0951. The number of morpholine rings is 1. The van der Waals surface area contributed by atoms with E-state index in [9.17, 15) is 14.4 Å². The van der Waals surface area contributed by atoms with Gasteiger partial charge in [-0.15, -0.1) is 0 Å². The van der Waals surface area contributed by atoms with Crippen molar-refractivity contribution in [3.05, 3.63) is 0 Å². The third kappa shape index (κ3) is 4.74. The van der Waals surface area contributed by atoms with Crippen LogP contribution in [0.2, 0.25) is 0 Å². The largest absolute Gasteiger partial charge is 0.469 e. The molecule has 0 saturated carbocycles. The number of esters is 1. The Bertz CT molecular complexity index is 360. The van der Waals surface area contributed by atoms with Crippen LogP contribution in [-0.4, -0.2) is 61.8 Å². The minimum atomic E-state index is -0.750. The second-order valence-electron chi connectivity index (χ2n) is 4.29. The van der Waals surface area contributed by atoms with Crippen molar-refractivity contribution < 1.29 is 23.9 Å². The fourth-order valence-electron chi connectivity index (χ4n) is 1.86. The Balaban J connectivity index is 2.51. The van der Waals surface area contributed by atoms with Crippen molar-refractivity contribution in [1.29, 1.82) is 0 Å². The lowest BCUT2D eigenvalue weighted by Crippen LogP contribution is -2.53. The molecule has 3 N–H and O–H groups in total. The molecule has 8 heteroatoms. The van der Waals surface area contributed by atoms with E-state index in [2.05, 4.69) is 10.1 Å². The summed E-state index contributed by atoms with van der Waals surface area (Å²) < 4.78 is 9.94. The number of nitrogens with one attached hydrogen (secondary N) is 1. The Morgan fingerprint density at radius 1 is 1.53 bits per heavy atom. The lowest BCUT2D eigenvalue weighted by atomic mass is 10.2. The number of primary amides is 1. The Kier molecular flexibility index (Phi) is 5.56. The zero-order valence-corrected chi connectivity index (χ0v) is 11.0. The van der Waals surface area contributed by atoms with Crippen LogP contribution in [0.3, 0.4) is 0 Å². The number of carbonyl (C=O) groups is 3. The molecule has 1 fully saturated rings. The molecule has 0 aromatic heterocycles. The van der Waals surface area contributed by atoms with Crippen LogP contribution in [0.1, 0.15) is 13.3 Å². The molecule has 2 unspecified atom stereocenters. The number of ether oxygens (including phenoxy) is 2. The highest BCUT2D eigenvalue weighted by atomic mass is 16.5. The molecular weight excluding hydrogens is 254 g/mol. The van der Waals surface area contributed by atoms with Gasteiger partial charge in [0.2, 0.25) is 5.91 Å². The topological polar surface area (TPSA) is 111 Å². The second kappa shape index (κ2) is 6.93. The van der Waals surface area contributed by atoms with Crippen LogP contribution >= 0.6 is 0 Å². The Hall–Kier alpha value is -1.83. The van der Waals surface area contributed by atoms with Crippen LogP contribution in [0.5, 0.6) is 0 Å². The Morgan fingerprint density at radius 2 is 2.21 bits per heavy atom. The highest BCUT2D eigenvalue weighted by Gasteiger charge is 2.29. The summed E-state index contributed by atoms with van der Waals surface area (Å²) in [6.07, 6.45) is -0.288. The predicted octanol–water partition coefficient (Wildman–Crippen LogP) is -1.17. The number of amides is 3. The van der Waals surface area contributed by atoms with E-state index in [-0.39, 0.29) is 24.4 Å². The lowest BCUT2D eigenvalue weighted by Gasteiger charge is -2.34. The fourth-order valence-corrected chi connectivity index (χ4v) is 1.86. The molecule has 1 aliphatic heterocycles. The van der Waals surface area contributed by atoms with Gasteiger partial charge in [0.25, 0.3) is 0 Å².